The van der Waals surface area contributed by atoms with Gasteiger partial charge in [-0.25, -0.2) is 17.5 Å². The number of hydrogen-bond acceptors (Lipinski definition) is 6. The lowest BCUT2D eigenvalue weighted by atomic mass is 9.61. The molecule has 224 valence electrons. The molecule has 0 amide bonds. The first kappa shape index (κ1) is 29.0. The van der Waals surface area contributed by atoms with Gasteiger partial charge in [-0.15, -0.1) is 0 Å². The van der Waals surface area contributed by atoms with Crippen molar-refractivity contribution >= 4 is 21.7 Å². The SMILES string of the molecule is CC(C)n1ccc(S(=O)(=O)[C@H]2CCC3=Cc4c(cnn4-c4ccc(F)cc4)C[C@]3(C(=O)c3cc(C(F)(F)F)ccn3)C2)n1. The molecule has 13 heteroatoms. The Balaban J connectivity index is 1.45. The molecule has 3 aromatic heterocycles. The third-order valence-corrected chi connectivity index (χ3v) is 10.4. The molecule has 2 atom stereocenters. The summed E-state index contributed by atoms with van der Waals surface area (Å²) in [5.41, 5.74) is -0.473. The van der Waals surface area contributed by atoms with Crippen molar-refractivity contribution in [1.82, 2.24) is 24.5 Å². The molecular formula is C30H27F4N5O3S. The first-order chi connectivity index (χ1) is 20.3. The van der Waals surface area contributed by atoms with Crippen LogP contribution in [-0.4, -0.2) is 44.0 Å². The lowest BCUT2D eigenvalue weighted by Crippen LogP contribution is -2.46. The van der Waals surface area contributed by atoms with Gasteiger partial charge < -0.3 is 0 Å². The molecule has 43 heavy (non-hydrogen) atoms. The van der Waals surface area contributed by atoms with E-state index in [2.05, 4.69) is 15.2 Å². The third-order valence-electron chi connectivity index (χ3n) is 8.28. The van der Waals surface area contributed by atoms with E-state index in [1.165, 1.54) is 22.9 Å². The summed E-state index contributed by atoms with van der Waals surface area (Å²) in [6.45, 7) is 3.73. The maximum absolute atomic E-state index is 14.3. The predicted octanol–water partition coefficient (Wildman–Crippen LogP) is 6.04. The summed E-state index contributed by atoms with van der Waals surface area (Å²) in [6, 6.07) is 8.56. The van der Waals surface area contributed by atoms with E-state index < -0.39 is 49.5 Å². The normalized spacial score (nSPS) is 20.4. The molecule has 0 unspecified atom stereocenters. The van der Waals surface area contributed by atoms with Crippen LogP contribution in [0.5, 0.6) is 0 Å². The van der Waals surface area contributed by atoms with Crippen molar-refractivity contribution in [2.45, 2.75) is 62.0 Å². The van der Waals surface area contributed by atoms with Crippen LogP contribution in [-0.2, 0) is 22.4 Å². The van der Waals surface area contributed by atoms with E-state index in [-0.39, 0.29) is 36.8 Å². The Morgan fingerprint density at radius 1 is 1.12 bits per heavy atom. The fourth-order valence-electron chi connectivity index (χ4n) is 6.02. The summed E-state index contributed by atoms with van der Waals surface area (Å²) in [5.74, 6) is -1.10. The number of halogens is 4. The molecule has 0 bridgehead atoms. The number of allylic oxidation sites excluding steroid dienone is 1. The number of ketones is 1. The first-order valence-corrected chi connectivity index (χ1v) is 15.3. The number of rotatable bonds is 6. The topological polar surface area (TPSA) is 99.7 Å². The number of aromatic nitrogens is 5. The Bertz CT molecular complexity index is 1860. The van der Waals surface area contributed by atoms with E-state index in [0.717, 1.165) is 12.3 Å². The maximum atomic E-state index is 14.3. The molecule has 8 nitrogen and oxygen atoms in total. The number of fused-ring (bicyclic) bond motifs is 2. The van der Waals surface area contributed by atoms with Gasteiger partial charge in [-0.05, 0) is 93.6 Å². The Hall–Kier alpha value is -4.13. The molecule has 1 aromatic carbocycles. The number of carbonyl (C=O) groups excluding carboxylic acids is 1. The number of pyridine rings is 1. The summed E-state index contributed by atoms with van der Waals surface area (Å²) >= 11 is 0. The van der Waals surface area contributed by atoms with E-state index in [1.54, 1.807) is 35.3 Å². The molecule has 2 aliphatic carbocycles. The second kappa shape index (κ2) is 10.2. The van der Waals surface area contributed by atoms with Crippen LogP contribution in [0.2, 0.25) is 0 Å². The van der Waals surface area contributed by atoms with Crippen molar-refractivity contribution in [3.63, 3.8) is 0 Å². The molecule has 4 aromatic rings. The van der Waals surface area contributed by atoms with Crippen LogP contribution in [0.1, 0.15) is 66.5 Å². The highest BCUT2D eigenvalue weighted by Gasteiger charge is 2.52. The summed E-state index contributed by atoms with van der Waals surface area (Å²) in [5, 5.41) is 7.58. The predicted molar refractivity (Wildman–Crippen MR) is 149 cm³/mol. The van der Waals surface area contributed by atoms with Gasteiger partial charge in [0.1, 0.15) is 11.5 Å². The summed E-state index contributed by atoms with van der Waals surface area (Å²) in [6.07, 6.45) is 1.37. The van der Waals surface area contributed by atoms with Crippen LogP contribution in [0.3, 0.4) is 0 Å². The number of alkyl halides is 3. The minimum Gasteiger partial charge on any atom is -0.291 e. The monoisotopic (exact) mass is 613 g/mol. The summed E-state index contributed by atoms with van der Waals surface area (Å²) in [4.78, 5) is 18.3. The second-order valence-electron chi connectivity index (χ2n) is 11.3. The number of nitrogens with zero attached hydrogens (tertiary/aromatic N) is 5. The van der Waals surface area contributed by atoms with Gasteiger partial charge in [0.05, 0.1) is 33.8 Å². The van der Waals surface area contributed by atoms with Gasteiger partial charge >= 0.3 is 6.18 Å². The Labute approximate surface area is 245 Å². The molecule has 0 spiro atoms. The summed E-state index contributed by atoms with van der Waals surface area (Å²) in [7, 11) is -4.00. The van der Waals surface area contributed by atoms with Gasteiger partial charge in [0.15, 0.2) is 20.6 Å². The lowest BCUT2D eigenvalue weighted by molar-refractivity contribution is -0.137. The number of carbonyl (C=O) groups is 1. The van der Waals surface area contributed by atoms with Crippen molar-refractivity contribution in [2.24, 2.45) is 5.41 Å². The van der Waals surface area contributed by atoms with Crippen molar-refractivity contribution in [3.05, 3.63) is 95.0 Å². The quantitative estimate of drug-likeness (QED) is 0.194. The maximum Gasteiger partial charge on any atom is 0.416 e. The van der Waals surface area contributed by atoms with Crippen molar-refractivity contribution in [2.75, 3.05) is 0 Å². The number of sulfone groups is 1. The standard InChI is InChI=1S/C30H27F4N5O3S/c1-18(2)38-12-10-27(37-38)43(41,42)24-8-3-20-14-26-19(17-36-39(26)23-6-4-22(31)5-7-23)15-29(20,16-24)28(40)25-13-21(9-11-35-25)30(32,33)34/h4-7,9-14,17-18,24H,3,8,15-16H2,1-2H3/t24-,29-/m0/s1. The molecule has 0 aliphatic heterocycles. The highest BCUT2D eigenvalue weighted by molar-refractivity contribution is 7.92. The Morgan fingerprint density at radius 2 is 1.86 bits per heavy atom. The van der Waals surface area contributed by atoms with Crippen LogP contribution < -0.4 is 0 Å². The van der Waals surface area contributed by atoms with E-state index in [1.807, 2.05) is 13.8 Å². The fraction of sp³-hybridized carbons (Fsp3) is 0.333. The van der Waals surface area contributed by atoms with Crippen molar-refractivity contribution in [3.8, 4) is 5.69 Å². The Morgan fingerprint density at radius 3 is 2.53 bits per heavy atom. The van der Waals surface area contributed by atoms with Gasteiger partial charge in [0.25, 0.3) is 0 Å². The molecule has 6 rings (SSSR count). The highest BCUT2D eigenvalue weighted by atomic mass is 32.2. The van der Waals surface area contributed by atoms with Crippen LogP contribution in [0.15, 0.2) is 71.7 Å². The van der Waals surface area contributed by atoms with Gasteiger partial charge in [0, 0.05) is 18.4 Å². The average Bonchev–Trinajstić information content (AvgIpc) is 3.64. The summed E-state index contributed by atoms with van der Waals surface area (Å²) < 4.78 is 85.1. The van der Waals surface area contributed by atoms with E-state index in [0.29, 0.717) is 28.6 Å². The number of hydrogen-bond donors (Lipinski definition) is 0. The van der Waals surface area contributed by atoms with E-state index in [9.17, 15) is 30.8 Å². The van der Waals surface area contributed by atoms with Gasteiger partial charge in [-0.1, -0.05) is 5.57 Å². The lowest BCUT2D eigenvalue weighted by Gasteiger charge is -2.43. The molecule has 2 aliphatic rings. The first-order valence-electron chi connectivity index (χ1n) is 13.7. The molecule has 0 N–H and O–H groups in total. The fourth-order valence-corrected chi connectivity index (χ4v) is 7.76. The van der Waals surface area contributed by atoms with Crippen LogP contribution in [0.4, 0.5) is 17.6 Å². The van der Waals surface area contributed by atoms with Gasteiger partial charge in [-0.2, -0.15) is 23.4 Å². The molecule has 3 heterocycles. The number of benzene rings is 1. The van der Waals surface area contributed by atoms with Crippen molar-refractivity contribution < 1.29 is 30.8 Å². The molecule has 0 saturated heterocycles. The third kappa shape index (κ3) is 4.98. The van der Waals surface area contributed by atoms with Crippen molar-refractivity contribution in [1.29, 1.82) is 0 Å². The van der Waals surface area contributed by atoms with Gasteiger partial charge in [-0.3, -0.25) is 14.5 Å². The second-order valence-corrected chi connectivity index (χ2v) is 13.4. The minimum atomic E-state index is -4.70. The zero-order valence-electron chi connectivity index (χ0n) is 23.2. The zero-order valence-corrected chi connectivity index (χ0v) is 24.0. The highest BCUT2D eigenvalue weighted by Crippen LogP contribution is 2.52. The average molecular weight is 614 g/mol. The largest absolute Gasteiger partial charge is 0.416 e. The molecule has 0 radical (unpaired) electrons. The van der Waals surface area contributed by atoms with E-state index >= 15 is 0 Å². The zero-order chi connectivity index (χ0) is 30.7. The van der Waals surface area contributed by atoms with Crippen LogP contribution >= 0.6 is 0 Å². The van der Waals surface area contributed by atoms with Crippen LogP contribution in [0, 0.1) is 11.2 Å². The molecule has 1 fully saturated rings. The molecular weight excluding hydrogens is 586 g/mol. The minimum absolute atomic E-state index is 0.0125. The smallest absolute Gasteiger partial charge is 0.291 e. The van der Waals surface area contributed by atoms with E-state index in [4.69, 9.17) is 0 Å². The molecule has 1 saturated carbocycles. The Kier molecular flexibility index (Phi) is 6.90. The van der Waals surface area contributed by atoms with Gasteiger partial charge in [0.2, 0.25) is 0 Å². The number of Topliss-reactive ketones (excluding diaryl/α,β-unsaturated/α-hetero) is 1. The van der Waals surface area contributed by atoms with Crippen LogP contribution in [0.25, 0.3) is 11.8 Å².